The van der Waals surface area contributed by atoms with E-state index in [1.807, 2.05) is 0 Å². The van der Waals surface area contributed by atoms with E-state index >= 15 is 0 Å². The number of nitrogens with two attached hydrogens (primary N) is 1. The van der Waals surface area contributed by atoms with Gasteiger partial charge in [-0.25, -0.2) is 0 Å². The molecule has 1 atom stereocenters. The smallest absolute Gasteiger partial charge is 0.387 e. The Bertz CT molecular complexity index is 381. The van der Waals surface area contributed by atoms with E-state index in [0.29, 0.717) is 6.42 Å². The van der Waals surface area contributed by atoms with Crippen molar-refractivity contribution in [2.75, 3.05) is 13.2 Å². The van der Waals surface area contributed by atoms with Gasteiger partial charge in [0.15, 0.2) is 0 Å². The van der Waals surface area contributed by atoms with Gasteiger partial charge in [-0.2, -0.15) is 13.2 Å². The van der Waals surface area contributed by atoms with E-state index in [9.17, 15) is 13.2 Å². The Balaban J connectivity index is 2.34. The molecule has 100 valence electrons. The Morgan fingerprint density at radius 2 is 2.17 bits per heavy atom. The Hall–Kier alpha value is -1.63. The van der Waals surface area contributed by atoms with Crippen LogP contribution in [0, 0.1) is 11.3 Å². The number of amidine groups is 1. The second kappa shape index (κ2) is 6.34. The molecular formula is C11H14F3N3O. The maximum absolute atomic E-state index is 12.4. The number of pyridine rings is 1. The van der Waals surface area contributed by atoms with Crippen LogP contribution in [0.2, 0.25) is 0 Å². The number of hydrogen-bond donors (Lipinski definition) is 2. The first-order chi connectivity index (χ1) is 8.41. The summed E-state index contributed by atoms with van der Waals surface area (Å²) in [4.78, 5) is 4.01. The Morgan fingerprint density at radius 1 is 1.44 bits per heavy atom. The zero-order chi connectivity index (χ0) is 13.6. The van der Waals surface area contributed by atoms with Crippen molar-refractivity contribution in [3.05, 3.63) is 30.1 Å². The summed E-state index contributed by atoms with van der Waals surface area (Å²) < 4.78 is 42.1. The highest BCUT2D eigenvalue weighted by molar-refractivity contribution is 5.80. The van der Waals surface area contributed by atoms with Crippen LogP contribution in [0.25, 0.3) is 0 Å². The quantitative estimate of drug-likeness (QED) is 0.465. The number of rotatable bonds is 6. The summed E-state index contributed by atoms with van der Waals surface area (Å²) in [5.41, 5.74) is 5.63. The minimum atomic E-state index is -4.54. The van der Waals surface area contributed by atoms with Crippen LogP contribution in [0.15, 0.2) is 24.4 Å². The molecule has 1 rings (SSSR count). The van der Waals surface area contributed by atoms with Crippen molar-refractivity contribution in [2.24, 2.45) is 11.7 Å². The lowest BCUT2D eigenvalue weighted by atomic mass is 10.1. The fourth-order valence-corrected chi connectivity index (χ4v) is 1.28. The van der Waals surface area contributed by atoms with Gasteiger partial charge in [-0.3, -0.25) is 10.4 Å². The molecule has 3 N–H and O–H groups in total. The third-order valence-electron chi connectivity index (χ3n) is 2.28. The van der Waals surface area contributed by atoms with Crippen LogP contribution in [0.3, 0.4) is 0 Å². The molecule has 1 heterocycles. The van der Waals surface area contributed by atoms with E-state index in [2.05, 4.69) is 4.98 Å². The molecule has 1 aromatic heterocycles. The molecule has 0 fully saturated rings. The number of hydrogen-bond acceptors (Lipinski definition) is 3. The Labute approximate surface area is 102 Å². The lowest BCUT2D eigenvalue weighted by Crippen LogP contribution is -2.38. The average Bonchev–Trinajstić information content (AvgIpc) is 2.27. The molecule has 0 radical (unpaired) electrons. The summed E-state index contributed by atoms with van der Waals surface area (Å²) >= 11 is 0. The molecule has 1 aromatic rings. The minimum absolute atomic E-state index is 0.108. The standard InChI is InChI=1S/C11H14F3N3O/c12-11(13,14)9(10(15)16)7-18-6-4-8-3-1-2-5-17-8/h1-3,5,9H,4,6-7H2,(H3,15,16). The van der Waals surface area contributed by atoms with Crippen molar-refractivity contribution in [3.8, 4) is 0 Å². The van der Waals surface area contributed by atoms with Crippen LogP contribution in [-0.2, 0) is 11.2 Å². The zero-order valence-corrected chi connectivity index (χ0v) is 9.57. The SMILES string of the molecule is N=C(N)C(COCCc1ccccn1)C(F)(F)F. The lowest BCUT2D eigenvalue weighted by molar-refractivity contribution is -0.168. The number of alkyl halides is 3. The second-order valence-corrected chi connectivity index (χ2v) is 3.70. The topological polar surface area (TPSA) is 72.0 Å². The molecule has 0 aliphatic carbocycles. The van der Waals surface area contributed by atoms with Gasteiger partial charge in [-0.1, -0.05) is 6.07 Å². The monoisotopic (exact) mass is 261 g/mol. The molecule has 18 heavy (non-hydrogen) atoms. The molecule has 7 heteroatoms. The summed E-state index contributed by atoms with van der Waals surface area (Å²) in [6.45, 7) is -0.525. The molecule has 0 bridgehead atoms. The van der Waals surface area contributed by atoms with Crippen molar-refractivity contribution in [1.29, 1.82) is 5.41 Å². The van der Waals surface area contributed by atoms with Crippen LogP contribution in [-0.4, -0.2) is 30.2 Å². The largest absolute Gasteiger partial charge is 0.400 e. The first-order valence-electron chi connectivity index (χ1n) is 5.29. The van der Waals surface area contributed by atoms with Crippen molar-refractivity contribution in [1.82, 2.24) is 4.98 Å². The molecule has 0 saturated carbocycles. The molecule has 1 unspecified atom stereocenters. The fourth-order valence-electron chi connectivity index (χ4n) is 1.28. The highest BCUT2D eigenvalue weighted by Gasteiger charge is 2.41. The van der Waals surface area contributed by atoms with E-state index < -0.39 is 24.5 Å². The van der Waals surface area contributed by atoms with E-state index in [4.69, 9.17) is 15.9 Å². The summed E-state index contributed by atoms with van der Waals surface area (Å²) in [5.74, 6) is -2.97. The predicted octanol–water partition coefficient (Wildman–Crippen LogP) is 1.76. The first kappa shape index (κ1) is 14.4. The first-order valence-corrected chi connectivity index (χ1v) is 5.29. The average molecular weight is 261 g/mol. The third kappa shape index (κ3) is 4.70. The van der Waals surface area contributed by atoms with Crippen LogP contribution >= 0.6 is 0 Å². The summed E-state index contributed by atoms with van der Waals surface area (Å²) in [7, 11) is 0. The normalized spacial score (nSPS) is 13.3. The molecule has 0 aliphatic rings. The Morgan fingerprint density at radius 3 is 2.67 bits per heavy atom. The molecule has 0 saturated heterocycles. The second-order valence-electron chi connectivity index (χ2n) is 3.70. The number of nitrogens with zero attached hydrogens (tertiary/aromatic N) is 1. The van der Waals surface area contributed by atoms with E-state index in [-0.39, 0.29) is 6.61 Å². The summed E-state index contributed by atoms with van der Waals surface area (Å²) in [6.07, 6.45) is -2.52. The van der Waals surface area contributed by atoms with Gasteiger partial charge in [-0.05, 0) is 12.1 Å². The zero-order valence-electron chi connectivity index (χ0n) is 9.57. The van der Waals surface area contributed by atoms with Crippen molar-refractivity contribution in [2.45, 2.75) is 12.6 Å². The van der Waals surface area contributed by atoms with Crippen molar-refractivity contribution in [3.63, 3.8) is 0 Å². The molecule has 4 nitrogen and oxygen atoms in total. The van der Waals surface area contributed by atoms with Gasteiger partial charge < -0.3 is 10.5 Å². The van der Waals surface area contributed by atoms with Crippen LogP contribution in [0.5, 0.6) is 0 Å². The summed E-state index contributed by atoms with van der Waals surface area (Å²) in [5, 5.41) is 6.87. The van der Waals surface area contributed by atoms with Crippen LogP contribution in [0.1, 0.15) is 5.69 Å². The van der Waals surface area contributed by atoms with E-state index in [1.165, 1.54) is 0 Å². The molecular weight excluding hydrogens is 247 g/mol. The van der Waals surface area contributed by atoms with Gasteiger partial charge in [-0.15, -0.1) is 0 Å². The van der Waals surface area contributed by atoms with Crippen molar-refractivity contribution >= 4 is 5.84 Å². The lowest BCUT2D eigenvalue weighted by Gasteiger charge is -2.18. The summed E-state index contributed by atoms with van der Waals surface area (Å²) in [6, 6.07) is 5.30. The highest BCUT2D eigenvalue weighted by Crippen LogP contribution is 2.26. The van der Waals surface area contributed by atoms with Gasteiger partial charge in [0.25, 0.3) is 0 Å². The molecule has 0 aliphatic heterocycles. The number of ether oxygens (including phenoxy) is 1. The van der Waals surface area contributed by atoms with E-state index in [0.717, 1.165) is 5.69 Å². The Kier molecular flexibility index (Phi) is 5.08. The maximum atomic E-state index is 12.4. The number of halogens is 3. The van der Waals surface area contributed by atoms with Gasteiger partial charge in [0.1, 0.15) is 11.8 Å². The van der Waals surface area contributed by atoms with Crippen LogP contribution < -0.4 is 5.73 Å². The maximum Gasteiger partial charge on any atom is 0.400 e. The fraction of sp³-hybridized carbons (Fsp3) is 0.455. The predicted molar refractivity (Wildman–Crippen MR) is 60.2 cm³/mol. The molecule has 0 amide bonds. The van der Waals surface area contributed by atoms with Gasteiger partial charge >= 0.3 is 6.18 Å². The highest BCUT2D eigenvalue weighted by atomic mass is 19.4. The van der Waals surface area contributed by atoms with Gasteiger partial charge in [0.05, 0.1) is 13.2 Å². The van der Waals surface area contributed by atoms with Crippen molar-refractivity contribution < 1.29 is 17.9 Å². The van der Waals surface area contributed by atoms with Crippen LogP contribution in [0.4, 0.5) is 13.2 Å². The number of aromatic nitrogens is 1. The molecule has 0 spiro atoms. The third-order valence-corrected chi connectivity index (χ3v) is 2.28. The van der Waals surface area contributed by atoms with E-state index in [1.54, 1.807) is 24.4 Å². The number of nitrogens with one attached hydrogen (secondary N) is 1. The van der Waals surface area contributed by atoms with Gasteiger partial charge in [0, 0.05) is 18.3 Å². The minimum Gasteiger partial charge on any atom is -0.387 e. The molecule has 0 aromatic carbocycles. The van der Waals surface area contributed by atoms with Gasteiger partial charge in [0.2, 0.25) is 0 Å².